The predicted octanol–water partition coefficient (Wildman–Crippen LogP) is 8.90. The van der Waals surface area contributed by atoms with Crippen molar-refractivity contribution >= 4 is 60.6 Å². The van der Waals surface area contributed by atoms with Crippen molar-refractivity contribution in [3.05, 3.63) is 139 Å². The van der Waals surface area contributed by atoms with Crippen molar-refractivity contribution in [2.24, 2.45) is 0 Å². The number of carbonyl (C=O) groups is 1. The summed E-state index contributed by atoms with van der Waals surface area (Å²) >= 11 is 0. The third kappa shape index (κ3) is 2.85. The molecule has 5 heteroatoms. The maximum Gasteiger partial charge on any atom is 0.264 e. The minimum absolute atomic E-state index is 0.0468. The van der Waals surface area contributed by atoms with Crippen LogP contribution in [0.4, 0.5) is 0 Å². The van der Waals surface area contributed by atoms with Gasteiger partial charge < -0.3 is 9.13 Å². The normalized spacial score (nSPS) is 12.7. The highest BCUT2D eigenvalue weighted by Crippen LogP contribution is 2.43. The molecule has 0 aliphatic carbocycles. The van der Waals surface area contributed by atoms with Crippen molar-refractivity contribution in [2.75, 3.05) is 0 Å². The molecule has 3 aromatic heterocycles. The molecule has 0 unspecified atom stereocenters. The first-order valence-corrected chi connectivity index (χ1v) is 14.5. The van der Waals surface area contributed by atoms with E-state index in [2.05, 4.69) is 118 Å². The van der Waals surface area contributed by atoms with Gasteiger partial charge in [-0.25, -0.2) is 4.98 Å². The van der Waals surface area contributed by atoms with Crippen LogP contribution in [-0.4, -0.2) is 24.6 Å². The molecule has 0 saturated heterocycles. The summed E-state index contributed by atoms with van der Waals surface area (Å²) in [5, 5.41) is 4.74. The molecular weight excluding hydrogens is 528 g/mol. The molecule has 1 aliphatic heterocycles. The first kappa shape index (κ1) is 22.7. The number of para-hydroxylation sites is 6. The van der Waals surface area contributed by atoms with Gasteiger partial charge >= 0.3 is 0 Å². The van der Waals surface area contributed by atoms with Gasteiger partial charge in [0.2, 0.25) is 0 Å². The van der Waals surface area contributed by atoms with E-state index in [1.165, 1.54) is 21.5 Å². The molecule has 10 rings (SSSR count). The molecule has 5 nitrogen and oxygen atoms in total. The number of rotatable bonds is 2. The fourth-order valence-electron chi connectivity index (χ4n) is 7.19. The van der Waals surface area contributed by atoms with Crippen molar-refractivity contribution in [3.8, 4) is 22.8 Å². The zero-order valence-corrected chi connectivity index (χ0v) is 22.9. The second-order valence-corrected chi connectivity index (χ2v) is 11.2. The summed E-state index contributed by atoms with van der Waals surface area (Å²) < 4.78 is 6.43. The molecular formula is C38H22N4O. The highest BCUT2D eigenvalue weighted by molar-refractivity contribution is 6.16. The summed E-state index contributed by atoms with van der Waals surface area (Å²) in [4.78, 5) is 19.1. The topological polar surface area (TPSA) is 44.8 Å². The molecule has 0 atom stereocenters. The Morgan fingerprint density at radius 1 is 0.419 bits per heavy atom. The van der Waals surface area contributed by atoms with Crippen LogP contribution in [0.2, 0.25) is 0 Å². The highest BCUT2D eigenvalue weighted by atomic mass is 16.2. The highest BCUT2D eigenvalue weighted by Gasteiger charge is 2.33. The van der Waals surface area contributed by atoms with E-state index in [9.17, 15) is 4.79 Å². The third-order valence-corrected chi connectivity index (χ3v) is 8.99. The number of hydrogen-bond donors (Lipinski definition) is 0. The van der Waals surface area contributed by atoms with Gasteiger partial charge in [0.05, 0.1) is 50.0 Å². The third-order valence-electron chi connectivity index (χ3n) is 8.99. The molecule has 6 aromatic carbocycles. The van der Waals surface area contributed by atoms with Crippen molar-refractivity contribution < 1.29 is 4.79 Å². The van der Waals surface area contributed by atoms with Crippen LogP contribution in [0.5, 0.6) is 0 Å². The molecule has 0 fully saturated rings. The number of benzene rings is 6. The Balaban J connectivity index is 1.41. The largest absolute Gasteiger partial charge is 0.307 e. The molecule has 0 N–H and O–H groups in total. The standard InChI is InChI=1S/C38H22N4O/c43-38-28-22-36(41-32-18-8-3-13-25(32)26-14-4-9-19-33(26)41)35(21-27(28)37-39-29-15-5-10-20-34(29)42(37)38)40-30-16-6-1-11-23(30)24-12-2-7-17-31(24)40/h1-22H. The summed E-state index contributed by atoms with van der Waals surface area (Å²) in [6, 6.07) is 46.2. The Kier molecular flexibility index (Phi) is 4.27. The van der Waals surface area contributed by atoms with Crippen molar-refractivity contribution in [1.29, 1.82) is 0 Å². The van der Waals surface area contributed by atoms with Gasteiger partial charge in [-0.15, -0.1) is 0 Å². The van der Waals surface area contributed by atoms with Crippen LogP contribution in [0, 0.1) is 0 Å². The Labute approximate surface area is 245 Å². The molecule has 9 aromatic rings. The summed E-state index contributed by atoms with van der Waals surface area (Å²) in [7, 11) is 0. The van der Waals surface area contributed by atoms with E-state index >= 15 is 0 Å². The van der Waals surface area contributed by atoms with E-state index in [4.69, 9.17) is 4.98 Å². The van der Waals surface area contributed by atoms with Crippen LogP contribution in [0.1, 0.15) is 10.4 Å². The Morgan fingerprint density at radius 2 is 0.814 bits per heavy atom. The molecule has 0 spiro atoms. The van der Waals surface area contributed by atoms with Crippen LogP contribution in [0.3, 0.4) is 0 Å². The van der Waals surface area contributed by atoms with Gasteiger partial charge in [0.1, 0.15) is 5.82 Å². The minimum Gasteiger partial charge on any atom is -0.307 e. The number of imidazole rings is 1. The maximum atomic E-state index is 14.1. The zero-order valence-electron chi connectivity index (χ0n) is 22.9. The lowest BCUT2D eigenvalue weighted by molar-refractivity contribution is 0.0973. The molecule has 0 saturated carbocycles. The van der Waals surface area contributed by atoms with Gasteiger partial charge in [0.15, 0.2) is 0 Å². The lowest BCUT2D eigenvalue weighted by Crippen LogP contribution is -2.08. The molecule has 43 heavy (non-hydrogen) atoms. The quantitative estimate of drug-likeness (QED) is 0.216. The molecule has 0 radical (unpaired) electrons. The molecule has 1 aliphatic rings. The number of hydrogen-bond acceptors (Lipinski definition) is 2. The predicted molar refractivity (Wildman–Crippen MR) is 174 cm³/mol. The van der Waals surface area contributed by atoms with Gasteiger partial charge in [0, 0.05) is 27.1 Å². The lowest BCUT2D eigenvalue weighted by Gasteiger charge is -2.18. The maximum absolute atomic E-state index is 14.1. The summed E-state index contributed by atoms with van der Waals surface area (Å²) in [6.07, 6.45) is 0. The number of nitrogens with zero attached hydrogens (tertiary/aromatic N) is 4. The van der Waals surface area contributed by atoms with Crippen molar-refractivity contribution in [3.63, 3.8) is 0 Å². The average Bonchev–Trinajstić information content (AvgIpc) is 3.77. The van der Waals surface area contributed by atoms with Crippen LogP contribution in [-0.2, 0) is 0 Å². The molecule has 0 bridgehead atoms. The Bertz CT molecular complexity index is 2540. The first-order valence-electron chi connectivity index (χ1n) is 14.5. The van der Waals surface area contributed by atoms with Gasteiger partial charge in [-0.1, -0.05) is 84.9 Å². The smallest absolute Gasteiger partial charge is 0.264 e. The second kappa shape index (κ2) is 8.08. The summed E-state index contributed by atoms with van der Waals surface area (Å²) in [6.45, 7) is 0. The molecule has 200 valence electrons. The van der Waals surface area contributed by atoms with E-state index < -0.39 is 0 Å². The summed E-state index contributed by atoms with van der Waals surface area (Å²) in [5.74, 6) is 0.645. The first-order chi connectivity index (χ1) is 21.3. The van der Waals surface area contributed by atoms with Gasteiger partial charge in [-0.3, -0.25) is 9.36 Å². The van der Waals surface area contributed by atoms with Crippen molar-refractivity contribution in [1.82, 2.24) is 18.7 Å². The molecule has 4 heterocycles. The van der Waals surface area contributed by atoms with Crippen LogP contribution >= 0.6 is 0 Å². The number of carbonyl (C=O) groups excluding carboxylic acids is 1. The van der Waals surface area contributed by atoms with E-state index in [-0.39, 0.29) is 5.91 Å². The fraction of sp³-hybridized carbons (Fsp3) is 0. The van der Waals surface area contributed by atoms with Crippen LogP contribution < -0.4 is 0 Å². The second-order valence-electron chi connectivity index (χ2n) is 11.2. The average molecular weight is 551 g/mol. The number of aromatic nitrogens is 4. The van der Waals surface area contributed by atoms with E-state index in [1.54, 1.807) is 4.57 Å². The van der Waals surface area contributed by atoms with Crippen LogP contribution in [0.15, 0.2) is 133 Å². The van der Waals surface area contributed by atoms with E-state index in [1.807, 2.05) is 24.3 Å². The number of fused-ring (bicyclic) bond motifs is 11. The van der Waals surface area contributed by atoms with Crippen LogP contribution in [0.25, 0.3) is 77.4 Å². The minimum atomic E-state index is -0.0468. The summed E-state index contributed by atoms with van der Waals surface area (Å²) in [5.41, 5.74) is 9.53. The van der Waals surface area contributed by atoms with Gasteiger partial charge in [-0.05, 0) is 48.5 Å². The SMILES string of the molecule is O=C1c2cc(-n3c4ccccc4c4ccccc43)c(-n3c4ccccc4c4ccccc43)cc2-c2nc3ccccc3n21. The van der Waals surface area contributed by atoms with Crippen molar-refractivity contribution in [2.45, 2.75) is 0 Å². The molecule has 0 amide bonds. The van der Waals surface area contributed by atoms with E-state index in [0.717, 1.165) is 50.0 Å². The Hall–Kier alpha value is -5.94. The zero-order chi connectivity index (χ0) is 28.2. The monoisotopic (exact) mass is 550 g/mol. The van der Waals surface area contributed by atoms with E-state index in [0.29, 0.717) is 11.4 Å². The lowest BCUT2D eigenvalue weighted by atomic mass is 10.0. The Morgan fingerprint density at radius 3 is 1.30 bits per heavy atom. The fourth-order valence-corrected chi connectivity index (χ4v) is 7.19. The van der Waals surface area contributed by atoms with Gasteiger partial charge in [0.25, 0.3) is 5.91 Å². The van der Waals surface area contributed by atoms with Gasteiger partial charge in [-0.2, -0.15) is 0 Å².